The molecule has 0 heterocycles. The number of hydrazine groups is 1. The van der Waals surface area contributed by atoms with Crippen LogP contribution in [0.15, 0.2) is 42.5 Å². The van der Waals surface area contributed by atoms with E-state index in [1.807, 2.05) is 6.07 Å². The molecule has 18 heavy (non-hydrogen) atoms. The van der Waals surface area contributed by atoms with Gasteiger partial charge in [0, 0.05) is 10.6 Å². The molecule has 0 aliphatic heterocycles. The van der Waals surface area contributed by atoms with Crippen LogP contribution in [0.2, 0.25) is 10.0 Å². The molecule has 0 aliphatic rings. The first-order chi connectivity index (χ1) is 8.65. The fourth-order valence-electron chi connectivity index (χ4n) is 1.80. The van der Waals surface area contributed by atoms with Gasteiger partial charge in [-0.15, -0.1) is 0 Å². The molecule has 0 radical (unpaired) electrons. The first-order valence-corrected chi connectivity index (χ1v) is 6.05. The minimum atomic E-state index is -0.544. The van der Waals surface area contributed by atoms with Gasteiger partial charge in [-0.25, -0.2) is 9.82 Å². The molecule has 5 heteroatoms. The Labute approximate surface area is 114 Å². The van der Waals surface area contributed by atoms with Crippen molar-refractivity contribution in [3.8, 4) is 0 Å². The average molecular weight is 285 g/mol. The second kappa shape index (κ2) is 5.67. The van der Waals surface area contributed by atoms with Crippen molar-refractivity contribution in [1.82, 2.24) is 5.43 Å². The second-order valence-electron chi connectivity index (χ2n) is 3.76. The summed E-state index contributed by atoms with van der Waals surface area (Å²) in [6, 6.07) is 11.4. The van der Waals surface area contributed by atoms with Crippen molar-refractivity contribution in [2.75, 3.05) is 0 Å². The second-order valence-corrected chi connectivity index (χ2v) is 4.58. The summed E-state index contributed by atoms with van der Waals surface area (Å²) in [5, 5.41) is 0.569. The highest BCUT2D eigenvalue weighted by Crippen LogP contribution is 2.31. The number of nitrogens with two attached hydrogens (primary N) is 1. The number of hydrogen-bond acceptors (Lipinski definition) is 2. The van der Waals surface area contributed by atoms with Crippen LogP contribution in [0.3, 0.4) is 0 Å². The van der Waals surface area contributed by atoms with E-state index in [0.29, 0.717) is 16.1 Å². The molecule has 2 nitrogen and oxygen atoms in total. The summed E-state index contributed by atoms with van der Waals surface area (Å²) in [7, 11) is 0. The third-order valence-electron chi connectivity index (χ3n) is 2.68. The van der Waals surface area contributed by atoms with Gasteiger partial charge in [-0.3, -0.25) is 5.84 Å². The lowest BCUT2D eigenvalue weighted by atomic mass is 9.99. The zero-order chi connectivity index (χ0) is 13.1. The smallest absolute Gasteiger partial charge is 0.146 e. The van der Waals surface area contributed by atoms with E-state index in [1.165, 1.54) is 6.07 Å². The molecule has 2 rings (SSSR count). The summed E-state index contributed by atoms with van der Waals surface area (Å²) in [5.74, 6) is 5.01. The van der Waals surface area contributed by atoms with Crippen LogP contribution in [-0.4, -0.2) is 0 Å². The summed E-state index contributed by atoms with van der Waals surface area (Å²) in [5.41, 5.74) is 3.62. The summed E-state index contributed by atoms with van der Waals surface area (Å²) < 4.78 is 14.0. The van der Waals surface area contributed by atoms with Gasteiger partial charge in [-0.2, -0.15) is 0 Å². The molecule has 0 saturated carbocycles. The fraction of sp³-hybridized carbons (Fsp3) is 0.0769. The van der Waals surface area contributed by atoms with Crippen molar-refractivity contribution in [2.24, 2.45) is 5.84 Å². The molecule has 0 saturated heterocycles. The lowest BCUT2D eigenvalue weighted by Crippen LogP contribution is -2.29. The largest absolute Gasteiger partial charge is 0.271 e. The molecular weight excluding hydrogens is 274 g/mol. The Morgan fingerprint density at radius 3 is 2.22 bits per heavy atom. The van der Waals surface area contributed by atoms with E-state index in [4.69, 9.17) is 29.0 Å². The number of halogens is 3. The Morgan fingerprint density at radius 2 is 1.56 bits per heavy atom. The first kappa shape index (κ1) is 13.3. The van der Waals surface area contributed by atoms with Gasteiger partial charge in [0.2, 0.25) is 0 Å². The minimum absolute atomic E-state index is 0.0554. The topological polar surface area (TPSA) is 38.0 Å². The molecule has 0 spiro atoms. The SMILES string of the molecule is NNC(c1ccccc1Cl)c1cccc(Cl)c1F. The van der Waals surface area contributed by atoms with Gasteiger partial charge in [0.1, 0.15) is 5.82 Å². The summed E-state index contributed by atoms with van der Waals surface area (Å²) >= 11 is 11.9. The summed E-state index contributed by atoms with van der Waals surface area (Å²) in [4.78, 5) is 0. The number of rotatable bonds is 3. The van der Waals surface area contributed by atoms with E-state index in [1.54, 1.807) is 30.3 Å². The highest BCUT2D eigenvalue weighted by molar-refractivity contribution is 6.31. The molecule has 2 aromatic rings. The maximum atomic E-state index is 14.0. The standard InChI is InChI=1S/C13H11Cl2FN2/c14-10-6-2-1-4-8(10)13(18-17)9-5-3-7-11(15)12(9)16/h1-7,13,18H,17H2. The molecule has 1 atom stereocenters. The van der Waals surface area contributed by atoms with E-state index in [0.717, 1.165) is 0 Å². The van der Waals surface area contributed by atoms with Crippen molar-refractivity contribution in [2.45, 2.75) is 6.04 Å². The van der Waals surface area contributed by atoms with Gasteiger partial charge >= 0.3 is 0 Å². The zero-order valence-corrected chi connectivity index (χ0v) is 10.8. The normalized spacial score (nSPS) is 12.4. The molecule has 0 aliphatic carbocycles. The van der Waals surface area contributed by atoms with Crippen molar-refractivity contribution in [3.05, 3.63) is 69.5 Å². The van der Waals surface area contributed by atoms with Gasteiger partial charge in [0.25, 0.3) is 0 Å². The molecule has 3 N–H and O–H groups in total. The quantitative estimate of drug-likeness (QED) is 0.666. The van der Waals surface area contributed by atoms with Crippen LogP contribution in [0.4, 0.5) is 4.39 Å². The Hall–Kier alpha value is -1.13. The van der Waals surface area contributed by atoms with Crippen LogP contribution in [0.25, 0.3) is 0 Å². The van der Waals surface area contributed by atoms with Gasteiger partial charge in [-0.1, -0.05) is 53.5 Å². The Kier molecular flexibility index (Phi) is 4.19. The highest BCUT2D eigenvalue weighted by Gasteiger charge is 2.19. The van der Waals surface area contributed by atoms with Gasteiger partial charge in [-0.05, 0) is 17.7 Å². The Morgan fingerprint density at radius 1 is 0.944 bits per heavy atom. The number of nitrogens with one attached hydrogen (secondary N) is 1. The monoisotopic (exact) mass is 284 g/mol. The van der Waals surface area contributed by atoms with Gasteiger partial charge in [0.15, 0.2) is 0 Å². The molecule has 0 amide bonds. The van der Waals surface area contributed by atoms with Crippen LogP contribution in [0, 0.1) is 5.82 Å². The van der Waals surface area contributed by atoms with Crippen LogP contribution < -0.4 is 11.3 Å². The van der Waals surface area contributed by atoms with E-state index < -0.39 is 11.9 Å². The average Bonchev–Trinajstić information content (AvgIpc) is 2.37. The molecular formula is C13H11Cl2FN2. The van der Waals surface area contributed by atoms with E-state index in [9.17, 15) is 4.39 Å². The van der Waals surface area contributed by atoms with Crippen molar-refractivity contribution >= 4 is 23.2 Å². The maximum absolute atomic E-state index is 14.0. The molecule has 1 unspecified atom stereocenters. The number of hydrogen-bond donors (Lipinski definition) is 2. The highest BCUT2D eigenvalue weighted by atomic mass is 35.5. The summed E-state index contributed by atoms with van der Waals surface area (Å²) in [6.07, 6.45) is 0. The molecule has 94 valence electrons. The van der Waals surface area contributed by atoms with Gasteiger partial charge in [0.05, 0.1) is 11.1 Å². The lowest BCUT2D eigenvalue weighted by molar-refractivity contribution is 0.560. The predicted molar refractivity (Wildman–Crippen MR) is 72.0 cm³/mol. The van der Waals surface area contributed by atoms with E-state index >= 15 is 0 Å². The van der Waals surface area contributed by atoms with E-state index in [-0.39, 0.29) is 5.02 Å². The van der Waals surface area contributed by atoms with E-state index in [2.05, 4.69) is 5.43 Å². The van der Waals surface area contributed by atoms with Gasteiger partial charge < -0.3 is 0 Å². The molecule has 0 fully saturated rings. The maximum Gasteiger partial charge on any atom is 0.146 e. The first-order valence-electron chi connectivity index (χ1n) is 5.29. The lowest BCUT2D eigenvalue weighted by Gasteiger charge is -2.19. The van der Waals surface area contributed by atoms with Crippen LogP contribution in [0.5, 0.6) is 0 Å². The Balaban J connectivity index is 2.53. The third-order valence-corrected chi connectivity index (χ3v) is 3.31. The van der Waals surface area contributed by atoms with Crippen molar-refractivity contribution in [3.63, 3.8) is 0 Å². The molecule has 0 aromatic heterocycles. The molecule has 2 aromatic carbocycles. The predicted octanol–water partition coefficient (Wildman–Crippen LogP) is 3.69. The van der Waals surface area contributed by atoms with Crippen LogP contribution in [-0.2, 0) is 0 Å². The van der Waals surface area contributed by atoms with Crippen molar-refractivity contribution in [1.29, 1.82) is 0 Å². The van der Waals surface area contributed by atoms with Crippen molar-refractivity contribution < 1.29 is 4.39 Å². The van der Waals surface area contributed by atoms with Crippen LogP contribution >= 0.6 is 23.2 Å². The number of benzene rings is 2. The fourth-order valence-corrected chi connectivity index (χ4v) is 2.23. The minimum Gasteiger partial charge on any atom is -0.271 e. The summed E-state index contributed by atoms with van der Waals surface area (Å²) in [6.45, 7) is 0. The third kappa shape index (κ3) is 2.49. The van der Waals surface area contributed by atoms with Crippen LogP contribution in [0.1, 0.15) is 17.2 Å². The zero-order valence-electron chi connectivity index (χ0n) is 9.33. The molecule has 0 bridgehead atoms. The Bertz CT molecular complexity index is 560.